The van der Waals surface area contributed by atoms with E-state index in [-0.39, 0.29) is 24.1 Å². The van der Waals surface area contributed by atoms with E-state index in [0.717, 1.165) is 43.7 Å². The number of hydrogen-bond donors (Lipinski definition) is 2. The number of nitrogens with one attached hydrogen (secondary N) is 2. The maximum atomic E-state index is 12.9. The highest BCUT2D eigenvalue weighted by Gasteiger charge is 2.39. The molecule has 2 saturated heterocycles. The van der Waals surface area contributed by atoms with E-state index >= 15 is 0 Å². The number of piperidine rings is 1. The predicted molar refractivity (Wildman–Crippen MR) is 99.8 cm³/mol. The van der Waals surface area contributed by atoms with Crippen LogP contribution in [-0.4, -0.2) is 59.2 Å². The second-order valence-corrected chi connectivity index (χ2v) is 7.69. The van der Waals surface area contributed by atoms with Crippen molar-refractivity contribution in [1.29, 1.82) is 0 Å². The first kappa shape index (κ1) is 18.1. The molecule has 0 radical (unpaired) electrons. The molecule has 3 aliphatic heterocycles. The molecule has 0 saturated carbocycles. The SMILES string of the molecule is CCC1CN(Cc2ccc3c(c2)C(=O)N(C2CCC(=O)NC2=O)C3)CCN1. The third kappa shape index (κ3) is 3.61. The molecular formula is C20H26N4O3. The summed E-state index contributed by atoms with van der Waals surface area (Å²) < 4.78 is 0. The minimum absolute atomic E-state index is 0.104. The molecule has 2 atom stereocenters. The minimum atomic E-state index is -0.551. The van der Waals surface area contributed by atoms with Crippen LogP contribution in [0.2, 0.25) is 0 Å². The number of piperazine rings is 1. The average molecular weight is 370 g/mol. The zero-order chi connectivity index (χ0) is 19.0. The Morgan fingerprint density at radius 2 is 2.07 bits per heavy atom. The second-order valence-electron chi connectivity index (χ2n) is 7.69. The summed E-state index contributed by atoms with van der Waals surface area (Å²) >= 11 is 0. The average Bonchev–Trinajstić information content (AvgIpc) is 2.98. The van der Waals surface area contributed by atoms with Crippen LogP contribution in [0.15, 0.2) is 18.2 Å². The van der Waals surface area contributed by atoms with Gasteiger partial charge in [0, 0.05) is 50.7 Å². The molecule has 144 valence electrons. The fraction of sp³-hybridized carbons (Fsp3) is 0.550. The molecule has 3 aliphatic rings. The highest BCUT2D eigenvalue weighted by Crippen LogP contribution is 2.28. The molecule has 2 N–H and O–H groups in total. The van der Waals surface area contributed by atoms with Crippen LogP contribution >= 0.6 is 0 Å². The third-order valence-corrected chi connectivity index (χ3v) is 5.83. The van der Waals surface area contributed by atoms with Crippen molar-refractivity contribution in [2.45, 2.75) is 51.4 Å². The zero-order valence-corrected chi connectivity index (χ0v) is 15.7. The Labute approximate surface area is 159 Å². The van der Waals surface area contributed by atoms with Crippen molar-refractivity contribution < 1.29 is 14.4 Å². The maximum Gasteiger partial charge on any atom is 0.255 e. The summed E-state index contributed by atoms with van der Waals surface area (Å²) in [5, 5.41) is 5.86. The van der Waals surface area contributed by atoms with E-state index in [4.69, 9.17) is 0 Å². The Hall–Kier alpha value is -2.25. The van der Waals surface area contributed by atoms with Crippen molar-refractivity contribution in [2.75, 3.05) is 19.6 Å². The van der Waals surface area contributed by atoms with Crippen LogP contribution in [0.25, 0.3) is 0 Å². The third-order valence-electron chi connectivity index (χ3n) is 5.83. The van der Waals surface area contributed by atoms with E-state index in [1.165, 1.54) is 0 Å². The summed E-state index contributed by atoms with van der Waals surface area (Å²) in [6, 6.07) is 6.05. The van der Waals surface area contributed by atoms with Crippen molar-refractivity contribution in [3.05, 3.63) is 34.9 Å². The molecule has 3 amide bonds. The van der Waals surface area contributed by atoms with Gasteiger partial charge in [-0.25, -0.2) is 0 Å². The number of amides is 3. The standard InChI is InChI=1S/C20H26N4O3/c1-2-15-12-23(8-7-21-15)10-13-3-4-14-11-24(20(27)16(14)9-13)17-5-6-18(25)22-19(17)26/h3-4,9,15,17,21H,2,5-8,10-12H2,1H3,(H,22,25,26). The van der Waals surface area contributed by atoms with Gasteiger partial charge >= 0.3 is 0 Å². The van der Waals surface area contributed by atoms with Crippen molar-refractivity contribution in [3.8, 4) is 0 Å². The number of rotatable bonds is 4. The number of hydrogen-bond acceptors (Lipinski definition) is 5. The van der Waals surface area contributed by atoms with Crippen molar-refractivity contribution in [2.24, 2.45) is 0 Å². The van der Waals surface area contributed by atoms with Crippen LogP contribution in [0.4, 0.5) is 0 Å². The molecule has 0 aromatic heterocycles. The topological polar surface area (TPSA) is 81.8 Å². The first-order valence-electron chi connectivity index (χ1n) is 9.77. The van der Waals surface area contributed by atoms with Gasteiger partial charge in [-0.1, -0.05) is 19.1 Å². The van der Waals surface area contributed by atoms with Gasteiger partial charge in [0.2, 0.25) is 11.8 Å². The summed E-state index contributed by atoms with van der Waals surface area (Å²) in [6.45, 7) is 6.47. The van der Waals surface area contributed by atoms with Gasteiger partial charge in [-0.15, -0.1) is 0 Å². The molecule has 7 nitrogen and oxygen atoms in total. The lowest BCUT2D eigenvalue weighted by Crippen LogP contribution is -2.52. The summed E-state index contributed by atoms with van der Waals surface area (Å²) in [4.78, 5) is 40.4. The number of imide groups is 1. The van der Waals surface area contributed by atoms with Crippen LogP contribution in [0.1, 0.15) is 47.7 Å². The Balaban J connectivity index is 1.46. The monoisotopic (exact) mass is 370 g/mol. The summed E-state index contributed by atoms with van der Waals surface area (Å²) in [6.07, 6.45) is 1.79. The maximum absolute atomic E-state index is 12.9. The number of nitrogens with zero attached hydrogens (tertiary/aromatic N) is 2. The van der Waals surface area contributed by atoms with Crippen LogP contribution in [0, 0.1) is 0 Å². The Kier molecular flexibility index (Phi) is 4.97. The van der Waals surface area contributed by atoms with E-state index in [0.29, 0.717) is 24.6 Å². The molecule has 7 heteroatoms. The number of carbonyl (C=O) groups excluding carboxylic acids is 3. The highest BCUT2D eigenvalue weighted by atomic mass is 16.2. The summed E-state index contributed by atoms with van der Waals surface area (Å²) in [7, 11) is 0. The van der Waals surface area contributed by atoms with Gasteiger partial charge in [0.05, 0.1) is 0 Å². The Bertz CT molecular complexity index is 778. The summed E-state index contributed by atoms with van der Waals surface area (Å²) in [5.41, 5.74) is 2.78. The van der Waals surface area contributed by atoms with E-state index in [1.54, 1.807) is 4.90 Å². The molecule has 0 aliphatic carbocycles. The smallest absolute Gasteiger partial charge is 0.255 e. The van der Waals surface area contributed by atoms with E-state index in [1.807, 2.05) is 12.1 Å². The van der Waals surface area contributed by atoms with Crippen LogP contribution in [0.5, 0.6) is 0 Å². The zero-order valence-electron chi connectivity index (χ0n) is 15.7. The second kappa shape index (κ2) is 7.40. The molecule has 27 heavy (non-hydrogen) atoms. The van der Waals surface area contributed by atoms with Gasteiger partial charge in [-0.2, -0.15) is 0 Å². The molecule has 1 aromatic rings. The van der Waals surface area contributed by atoms with Gasteiger partial charge in [0.15, 0.2) is 0 Å². The lowest BCUT2D eigenvalue weighted by Gasteiger charge is -2.33. The number of fused-ring (bicyclic) bond motifs is 1. The first-order chi connectivity index (χ1) is 13.0. The molecule has 0 bridgehead atoms. The molecule has 0 spiro atoms. The lowest BCUT2D eigenvalue weighted by molar-refractivity contribution is -0.136. The van der Waals surface area contributed by atoms with Gasteiger partial charge in [-0.05, 0) is 30.0 Å². The van der Waals surface area contributed by atoms with E-state index < -0.39 is 6.04 Å². The molecule has 4 rings (SSSR count). The highest BCUT2D eigenvalue weighted by molar-refractivity contribution is 6.05. The Morgan fingerprint density at radius 1 is 1.22 bits per heavy atom. The molecule has 3 heterocycles. The van der Waals surface area contributed by atoms with Gasteiger partial charge < -0.3 is 10.2 Å². The number of carbonyl (C=O) groups is 3. The van der Waals surface area contributed by atoms with Crippen LogP contribution < -0.4 is 10.6 Å². The summed E-state index contributed by atoms with van der Waals surface area (Å²) in [5.74, 6) is -0.726. The predicted octanol–water partition coefficient (Wildman–Crippen LogP) is 0.631. The van der Waals surface area contributed by atoms with Crippen LogP contribution in [0.3, 0.4) is 0 Å². The molecule has 2 fully saturated rings. The van der Waals surface area contributed by atoms with Crippen molar-refractivity contribution >= 4 is 17.7 Å². The molecule has 2 unspecified atom stereocenters. The van der Waals surface area contributed by atoms with Crippen molar-refractivity contribution in [1.82, 2.24) is 20.4 Å². The number of benzene rings is 1. The normalized spacial score (nSPS) is 26.3. The Morgan fingerprint density at radius 3 is 2.85 bits per heavy atom. The fourth-order valence-corrected chi connectivity index (χ4v) is 4.27. The molecular weight excluding hydrogens is 344 g/mol. The van der Waals surface area contributed by atoms with Crippen molar-refractivity contribution in [3.63, 3.8) is 0 Å². The van der Waals surface area contributed by atoms with Gasteiger partial charge in [0.25, 0.3) is 5.91 Å². The fourth-order valence-electron chi connectivity index (χ4n) is 4.27. The lowest BCUT2D eigenvalue weighted by atomic mass is 10.0. The van der Waals surface area contributed by atoms with E-state index in [2.05, 4.69) is 28.5 Å². The van der Waals surface area contributed by atoms with Gasteiger partial charge in [0.1, 0.15) is 6.04 Å². The van der Waals surface area contributed by atoms with Gasteiger partial charge in [-0.3, -0.25) is 24.6 Å². The quantitative estimate of drug-likeness (QED) is 0.760. The first-order valence-corrected chi connectivity index (χ1v) is 9.77. The van der Waals surface area contributed by atoms with E-state index in [9.17, 15) is 14.4 Å². The molecule has 1 aromatic carbocycles. The largest absolute Gasteiger partial charge is 0.322 e. The minimum Gasteiger partial charge on any atom is -0.322 e. The van der Waals surface area contributed by atoms with Crippen LogP contribution in [-0.2, 0) is 22.7 Å².